The summed E-state index contributed by atoms with van der Waals surface area (Å²) in [5.74, 6) is -2.27. The lowest BCUT2D eigenvalue weighted by Gasteiger charge is -2.14. The Morgan fingerprint density at radius 2 is 2.05 bits per heavy atom. The molecule has 0 radical (unpaired) electrons. The second-order valence-corrected chi connectivity index (χ2v) is 4.55. The number of hydrogen-bond donors (Lipinski definition) is 3. The van der Waals surface area contributed by atoms with Gasteiger partial charge in [0, 0.05) is 17.7 Å². The molecule has 0 heterocycles. The first-order chi connectivity index (χ1) is 9.85. The molecule has 0 saturated heterocycles. The van der Waals surface area contributed by atoms with Gasteiger partial charge in [0.05, 0.1) is 7.11 Å². The third-order valence-electron chi connectivity index (χ3n) is 3.00. The maximum Gasteiger partial charge on any atom is 0.326 e. The molecule has 0 aliphatic rings. The van der Waals surface area contributed by atoms with Gasteiger partial charge >= 0.3 is 11.9 Å². The lowest BCUT2D eigenvalue weighted by atomic mass is 10.1. The van der Waals surface area contributed by atoms with Crippen molar-refractivity contribution in [2.24, 2.45) is 0 Å². The van der Waals surface area contributed by atoms with Crippen LogP contribution in [0, 0.1) is 6.92 Å². The third kappa shape index (κ3) is 4.79. The van der Waals surface area contributed by atoms with Crippen molar-refractivity contribution in [2.45, 2.75) is 25.8 Å². The minimum Gasteiger partial charge on any atom is -0.480 e. The van der Waals surface area contributed by atoms with E-state index in [9.17, 15) is 14.4 Å². The summed E-state index contributed by atoms with van der Waals surface area (Å²) in [5, 5.41) is 11.4. The number of methoxy groups -OCH3 is 1. The van der Waals surface area contributed by atoms with Gasteiger partial charge in [-0.05, 0) is 37.1 Å². The van der Waals surface area contributed by atoms with Crippen LogP contribution in [0.1, 0.15) is 28.8 Å². The van der Waals surface area contributed by atoms with Gasteiger partial charge in [0.1, 0.15) is 6.04 Å². The molecule has 0 unspecified atom stereocenters. The predicted octanol–water partition coefficient (Wildman–Crippen LogP) is 0.713. The number of nitrogens with two attached hydrogens (primary N) is 1. The van der Waals surface area contributed by atoms with Crippen LogP contribution in [-0.2, 0) is 14.3 Å². The molecule has 0 aliphatic carbocycles. The standard InChI is InChI=1S/C14H18N2O5/c1-8-7-9(3-4-10(8)15)13(18)16-11(14(19)20)5-6-12(17)21-2/h3-4,7,11H,5-6,15H2,1-2H3,(H,16,18)(H,19,20)/t11-/m0/s1. The van der Waals surface area contributed by atoms with Gasteiger partial charge in [-0.3, -0.25) is 9.59 Å². The fourth-order valence-corrected chi connectivity index (χ4v) is 1.68. The Morgan fingerprint density at radius 1 is 1.38 bits per heavy atom. The highest BCUT2D eigenvalue weighted by Crippen LogP contribution is 2.13. The zero-order valence-electron chi connectivity index (χ0n) is 11.9. The molecule has 7 heteroatoms. The van der Waals surface area contributed by atoms with E-state index in [1.165, 1.54) is 13.2 Å². The maximum absolute atomic E-state index is 12.0. The van der Waals surface area contributed by atoms with Crippen LogP contribution in [0.5, 0.6) is 0 Å². The van der Waals surface area contributed by atoms with Crippen molar-refractivity contribution in [1.82, 2.24) is 5.32 Å². The first kappa shape index (κ1) is 16.5. The summed E-state index contributed by atoms with van der Waals surface area (Å²) in [5.41, 5.74) is 7.24. The fourth-order valence-electron chi connectivity index (χ4n) is 1.68. The SMILES string of the molecule is COC(=O)CC[C@H](NC(=O)c1ccc(N)c(C)c1)C(=O)O. The number of rotatable bonds is 6. The van der Waals surface area contributed by atoms with Crippen molar-refractivity contribution in [2.75, 3.05) is 12.8 Å². The van der Waals surface area contributed by atoms with Crippen molar-refractivity contribution in [1.29, 1.82) is 0 Å². The minimum absolute atomic E-state index is 0.0400. The molecule has 1 aromatic carbocycles. The number of anilines is 1. The molecular formula is C14H18N2O5. The number of amides is 1. The van der Waals surface area contributed by atoms with E-state index in [0.29, 0.717) is 11.3 Å². The van der Waals surface area contributed by atoms with Gasteiger partial charge in [0.15, 0.2) is 0 Å². The maximum atomic E-state index is 12.0. The van der Waals surface area contributed by atoms with Crippen LogP contribution < -0.4 is 11.1 Å². The van der Waals surface area contributed by atoms with Crippen LogP contribution in [-0.4, -0.2) is 36.1 Å². The molecule has 0 aromatic heterocycles. The monoisotopic (exact) mass is 294 g/mol. The van der Waals surface area contributed by atoms with Gasteiger partial charge in [-0.25, -0.2) is 4.79 Å². The van der Waals surface area contributed by atoms with E-state index in [4.69, 9.17) is 10.8 Å². The first-order valence-corrected chi connectivity index (χ1v) is 6.31. The van der Waals surface area contributed by atoms with Gasteiger partial charge in [-0.1, -0.05) is 0 Å². The van der Waals surface area contributed by atoms with Crippen molar-refractivity contribution in [3.8, 4) is 0 Å². The Balaban J connectivity index is 2.74. The lowest BCUT2D eigenvalue weighted by molar-refractivity contribution is -0.142. The molecule has 1 aromatic rings. The van der Waals surface area contributed by atoms with E-state index in [1.807, 2.05) is 0 Å². The van der Waals surface area contributed by atoms with Crippen molar-refractivity contribution >= 4 is 23.5 Å². The third-order valence-corrected chi connectivity index (χ3v) is 3.00. The molecule has 0 bridgehead atoms. The van der Waals surface area contributed by atoms with E-state index in [-0.39, 0.29) is 12.8 Å². The topological polar surface area (TPSA) is 119 Å². The van der Waals surface area contributed by atoms with E-state index >= 15 is 0 Å². The van der Waals surface area contributed by atoms with Crippen LogP contribution in [0.4, 0.5) is 5.69 Å². The number of hydrogen-bond acceptors (Lipinski definition) is 5. The number of carboxylic acids is 1. The average Bonchev–Trinajstić information content (AvgIpc) is 2.45. The molecule has 1 amide bonds. The summed E-state index contributed by atoms with van der Waals surface area (Å²) in [6.45, 7) is 1.75. The summed E-state index contributed by atoms with van der Waals surface area (Å²) < 4.78 is 4.44. The van der Waals surface area contributed by atoms with Crippen molar-refractivity contribution < 1.29 is 24.2 Å². The summed E-state index contributed by atoms with van der Waals surface area (Å²) in [6, 6.07) is 3.50. The number of aryl methyl sites for hydroxylation is 1. The summed E-state index contributed by atoms with van der Waals surface area (Å²) in [7, 11) is 1.22. The van der Waals surface area contributed by atoms with E-state index in [2.05, 4.69) is 10.1 Å². The van der Waals surface area contributed by atoms with E-state index < -0.39 is 23.9 Å². The zero-order chi connectivity index (χ0) is 16.0. The molecular weight excluding hydrogens is 276 g/mol. The average molecular weight is 294 g/mol. The van der Waals surface area contributed by atoms with Gasteiger partial charge in [0.25, 0.3) is 5.91 Å². The lowest BCUT2D eigenvalue weighted by Crippen LogP contribution is -2.41. The largest absolute Gasteiger partial charge is 0.480 e. The molecule has 7 nitrogen and oxygen atoms in total. The summed E-state index contributed by atoms with van der Waals surface area (Å²) >= 11 is 0. The molecule has 21 heavy (non-hydrogen) atoms. The van der Waals surface area contributed by atoms with Crippen molar-refractivity contribution in [3.63, 3.8) is 0 Å². The van der Waals surface area contributed by atoms with Crippen LogP contribution in [0.2, 0.25) is 0 Å². The molecule has 0 spiro atoms. The zero-order valence-corrected chi connectivity index (χ0v) is 11.9. The molecule has 1 rings (SSSR count). The van der Waals surface area contributed by atoms with Gasteiger partial charge in [-0.15, -0.1) is 0 Å². The second kappa shape index (κ2) is 7.28. The highest BCUT2D eigenvalue weighted by atomic mass is 16.5. The van der Waals surface area contributed by atoms with E-state index in [0.717, 1.165) is 5.56 Å². The number of nitrogens with one attached hydrogen (secondary N) is 1. The van der Waals surface area contributed by atoms with Gasteiger partial charge in [0.2, 0.25) is 0 Å². The number of ether oxygens (including phenoxy) is 1. The number of aliphatic carboxylic acids is 1. The number of carboxylic acid groups (broad SMARTS) is 1. The Morgan fingerprint density at radius 3 is 2.57 bits per heavy atom. The quantitative estimate of drug-likeness (QED) is 0.525. The molecule has 0 saturated carbocycles. The number of benzene rings is 1. The smallest absolute Gasteiger partial charge is 0.326 e. The van der Waals surface area contributed by atoms with E-state index in [1.54, 1.807) is 19.1 Å². The molecule has 0 aliphatic heterocycles. The fraction of sp³-hybridized carbons (Fsp3) is 0.357. The normalized spacial score (nSPS) is 11.5. The molecule has 1 atom stereocenters. The van der Waals surface area contributed by atoms with Gasteiger partial charge < -0.3 is 20.9 Å². The summed E-state index contributed by atoms with van der Waals surface area (Å²) in [6.07, 6.45) is -0.129. The first-order valence-electron chi connectivity index (χ1n) is 6.31. The van der Waals surface area contributed by atoms with Crippen LogP contribution in [0.25, 0.3) is 0 Å². The van der Waals surface area contributed by atoms with Gasteiger partial charge in [-0.2, -0.15) is 0 Å². The summed E-state index contributed by atoms with van der Waals surface area (Å²) in [4.78, 5) is 34.1. The van der Waals surface area contributed by atoms with Crippen LogP contribution in [0.3, 0.4) is 0 Å². The Hall–Kier alpha value is -2.57. The molecule has 114 valence electrons. The predicted molar refractivity (Wildman–Crippen MR) is 75.7 cm³/mol. The second-order valence-electron chi connectivity index (χ2n) is 4.55. The molecule has 4 N–H and O–H groups in total. The highest BCUT2D eigenvalue weighted by Gasteiger charge is 2.22. The molecule has 0 fully saturated rings. The Bertz CT molecular complexity index is 556. The Labute approximate surface area is 122 Å². The minimum atomic E-state index is -1.21. The number of carbonyl (C=O) groups is 3. The highest BCUT2D eigenvalue weighted by molar-refractivity contribution is 5.97. The number of esters is 1. The number of carbonyl (C=O) groups excluding carboxylic acids is 2. The van der Waals surface area contributed by atoms with Crippen LogP contribution >= 0.6 is 0 Å². The van der Waals surface area contributed by atoms with Crippen LogP contribution in [0.15, 0.2) is 18.2 Å². The number of nitrogen functional groups attached to an aromatic ring is 1. The Kier molecular flexibility index (Phi) is 5.71. The van der Waals surface area contributed by atoms with Crippen molar-refractivity contribution in [3.05, 3.63) is 29.3 Å².